The van der Waals surface area contributed by atoms with Gasteiger partial charge in [-0.1, -0.05) is 12.1 Å². The second-order valence-electron chi connectivity index (χ2n) is 5.50. The van der Waals surface area contributed by atoms with Crippen LogP contribution in [0.3, 0.4) is 0 Å². The predicted octanol–water partition coefficient (Wildman–Crippen LogP) is 5.26. The van der Waals surface area contributed by atoms with Crippen molar-refractivity contribution < 1.29 is 35.9 Å². The minimum absolute atomic E-state index is 0.0122. The highest BCUT2D eigenvalue weighted by Gasteiger charge is 2.40. The predicted molar refractivity (Wildman–Crippen MR) is 81.7 cm³/mol. The molecule has 0 atom stereocenters. The molecule has 0 aliphatic heterocycles. The maximum atomic E-state index is 14.2. The Labute approximate surface area is 145 Å². The largest absolute Gasteiger partial charge is 0.491 e. The normalized spacial score (nSPS) is 11.5. The molecule has 0 heterocycles. The molecule has 2 rings (SSSR count). The number of benzene rings is 2. The highest BCUT2D eigenvalue weighted by Crippen LogP contribution is 2.38. The van der Waals surface area contributed by atoms with Gasteiger partial charge in [0.2, 0.25) is 0 Å². The SMILES string of the molecule is CCOc1ccc(C(=O)Cc2ccc(C)c(F)c2F)c(C(F)(F)F)c1F. The lowest BCUT2D eigenvalue weighted by molar-refractivity contribution is -0.140. The van der Waals surface area contributed by atoms with Gasteiger partial charge in [-0.3, -0.25) is 4.79 Å². The molecule has 0 unspecified atom stereocenters. The van der Waals surface area contributed by atoms with E-state index in [2.05, 4.69) is 0 Å². The van der Waals surface area contributed by atoms with Crippen molar-refractivity contribution in [1.82, 2.24) is 0 Å². The number of carbonyl (C=O) groups excluding carboxylic acids is 1. The first-order valence-electron chi connectivity index (χ1n) is 7.57. The van der Waals surface area contributed by atoms with Crippen LogP contribution in [0.5, 0.6) is 5.75 Å². The zero-order valence-corrected chi connectivity index (χ0v) is 13.8. The van der Waals surface area contributed by atoms with Gasteiger partial charge in [0, 0.05) is 12.0 Å². The van der Waals surface area contributed by atoms with E-state index in [9.17, 15) is 31.1 Å². The Morgan fingerprint density at radius 1 is 1.00 bits per heavy atom. The number of halogens is 6. The monoisotopic (exact) mass is 376 g/mol. The van der Waals surface area contributed by atoms with Crippen LogP contribution in [0.25, 0.3) is 0 Å². The van der Waals surface area contributed by atoms with Crippen LogP contribution in [0, 0.1) is 24.4 Å². The summed E-state index contributed by atoms with van der Waals surface area (Å²) in [7, 11) is 0. The summed E-state index contributed by atoms with van der Waals surface area (Å²) in [5.41, 5.74) is -3.19. The van der Waals surface area contributed by atoms with Crippen LogP contribution in [-0.4, -0.2) is 12.4 Å². The van der Waals surface area contributed by atoms with Crippen LogP contribution in [0.2, 0.25) is 0 Å². The van der Waals surface area contributed by atoms with Crippen molar-refractivity contribution in [3.05, 3.63) is 64.0 Å². The molecule has 0 saturated carbocycles. The molecule has 0 spiro atoms. The summed E-state index contributed by atoms with van der Waals surface area (Å²) in [4.78, 5) is 12.3. The van der Waals surface area contributed by atoms with E-state index in [1.807, 2.05) is 0 Å². The molecule has 0 aliphatic carbocycles. The molecule has 0 saturated heterocycles. The Kier molecular flexibility index (Phi) is 5.63. The third kappa shape index (κ3) is 3.84. The molecule has 0 aliphatic rings. The number of ketones is 1. The maximum absolute atomic E-state index is 14.2. The number of alkyl halides is 3. The van der Waals surface area contributed by atoms with Gasteiger partial charge >= 0.3 is 6.18 Å². The van der Waals surface area contributed by atoms with E-state index in [-0.39, 0.29) is 12.2 Å². The quantitative estimate of drug-likeness (QED) is 0.526. The number of ether oxygens (including phenoxy) is 1. The number of hydrogen-bond donors (Lipinski definition) is 0. The summed E-state index contributed by atoms with van der Waals surface area (Å²) in [6.07, 6.45) is -6.02. The highest BCUT2D eigenvalue weighted by atomic mass is 19.4. The van der Waals surface area contributed by atoms with Crippen LogP contribution < -0.4 is 4.74 Å². The van der Waals surface area contributed by atoms with Gasteiger partial charge in [-0.25, -0.2) is 13.2 Å². The summed E-state index contributed by atoms with van der Waals surface area (Å²) in [5.74, 6) is -6.08. The summed E-state index contributed by atoms with van der Waals surface area (Å²) in [5, 5.41) is 0. The third-order valence-electron chi connectivity index (χ3n) is 3.70. The van der Waals surface area contributed by atoms with Gasteiger partial charge in [0.25, 0.3) is 0 Å². The molecule has 140 valence electrons. The lowest BCUT2D eigenvalue weighted by Gasteiger charge is -2.16. The van der Waals surface area contributed by atoms with Gasteiger partial charge in [-0.15, -0.1) is 0 Å². The molecule has 0 amide bonds. The van der Waals surface area contributed by atoms with Gasteiger partial charge in [0.1, 0.15) is 5.56 Å². The molecule has 2 aromatic carbocycles. The lowest BCUT2D eigenvalue weighted by Crippen LogP contribution is -2.18. The third-order valence-corrected chi connectivity index (χ3v) is 3.70. The molecule has 2 aromatic rings. The van der Waals surface area contributed by atoms with Crippen LogP contribution in [-0.2, 0) is 12.6 Å². The molecule has 2 nitrogen and oxygen atoms in total. The molecule has 0 radical (unpaired) electrons. The van der Waals surface area contributed by atoms with Crippen LogP contribution in [0.4, 0.5) is 26.3 Å². The standard InChI is InChI=1S/C18H14F6O2/c1-3-26-13-7-6-11(14(17(13)21)18(22,23)24)12(25)8-10-5-4-9(2)15(19)16(10)20/h4-7H,3,8H2,1-2H3. The minimum atomic E-state index is -5.17. The van der Waals surface area contributed by atoms with Gasteiger partial charge < -0.3 is 4.74 Å². The van der Waals surface area contributed by atoms with Crippen LogP contribution in [0.1, 0.15) is 34.0 Å². The van der Waals surface area contributed by atoms with Crippen molar-refractivity contribution in [3.63, 3.8) is 0 Å². The molecular formula is C18H14F6O2. The van der Waals surface area contributed by atoms with Crippen molar-refractivity contribution >= 4 is 5.78 Å². The number of aryl methyl sites for hydroxylation is 1. The summed E-state index contributed by atoms with van der Waals surface area (Å²) >= 11 is 0. The molecule has 0 N–H and O–H groups in total. The zero-order valence-electron chi connectivity index (χ0n) is 13.8. The average Bonchev–Trinajstić information content (AvgIpc) is 2.56. The van der Waals surface area contributed by atoms with Crippen molar-refractivity contribution in [1.29, 1.82) is 0 Å². The molecule has 0 fully saturated rings. The van der Waals surface area contributed by atoms with E-state index < -0.39 is 58.3 Å². The van der Waals surface area contributed by atoms with Gasteiger partial charge in [0.15, 0.2) is 29.0 Å². The first-order chi connectivity index (χ1) is 12.1. The molecule has 0 aromatic heterocycles. The summed E-state index contributed by atoms with van der Waals surface area (Å²) in [6.45, 7) is 2.68. The average molecular weight is 376 g/mol. The number of hydrogen-bond acceptors (Lipinski definition) is 2. The summed E-state index contributed by atoms with van der Waals surface area (Å²) in [6, 6.07) is 3.96. The first kappa shape index (κ1) is 19.8. The minimum Gasteiger partial charge on any atom is -0.491 e. The van der Waals surface area contributed by atoms with Gasteiger partial charge in [-0.05, 0) is 37.1 Å². The summed E-state index contributed by atoms with van der Waals surface area (Å²) < 4.78 is 86.1. The van der Waals surface area contributed by atoms with Crippen LogP contribution >= 0.6 is 0 Å². The Bertz CT molecular complexity index is 843. The van der Waals surface area contributed by atoms with Crippen molar-refractivity contribution in [2.45, 2.75) is 26.4 Å². The van der Waals surface area contributed by atoms with E-state index in [1.54, 1.807) is 0 Å². The van der Waals surface area contributed by atoms with Gasteiger partial charge in [0.05, 0.1) is 6.61 Å². The van der Waals surface area contributed by atoms with Crippen molar-refractivity contribution in [3.8, 4) is 5.75 Å². The van der Waals surface area contributed by atoms with E-state index in [4.69, 9.17) is 4.74 Å². The van der Waals surface area contributed by atoms with E-state index in [1.165, 1.54) is 19.9 Å². The van der Waals surface area contributed by atoms with Crippen LogP contribution in [0.15, 0.2) is 24.3 Å². The Hall–Kier alpha value is -2.51. The Balaban J connectivity index is 2.49. The molecule has 26 heavy (non-hydrogen) atoms. The molecular weight excluding hydrogens is 362 g/mol. The van der Waals surface area contributed by atoms with E-state index >= 15 is 0 Å². The topological polar surface area (TPSA) is 26.3 Å². The second-order valence-corrected chi connectivity index (χ2v) is 5.50. The number of rotatable bonds is 5. The van der Waals surface area contributed by atoms with E-state index in [0.29, 0.717) is 0 Å². The number of carbonyl (C=O) groups is 1. The first-order valence-corrected chi connectivity index (χ1v) is 7.57. The Morgan fingerprint density at radius 2 is 1.65 bits per heavy atom. The fraction of sp³-hybridized carbons (Fsp3) is 0.278. The van der Waals surface area contributed by atoms with Gasteiger partial charge in [-0.2, -0.15) is 13.2 Å². The second kappa shape index (κ2) is 7.39. The molecule has 8 heteroatoms. The smallest absolute Gasteiger partial charge is 0.420 e. The lowest BCUT2D eigenvalue weighted by atomic mass is 9.96. The number of Topliss-reactive ketones (excluding diaryl/α,β-unsaturated/α-hetero) is 1. The van der Waals surface area contributed by atoms with E-state index in [0.717, 1.165) is 18.2 Å². The zero-order chi connectivity index (χ0) is 19.6. The maximum Gasteiger partial charge on any atom is 0.420 e. The van der Waals surface area contributed by atoms with Crippen molar-refractivity contribution in [2.24, 2.45) is 0 Å². The fourth-order valence-corrected chi connectivity index (χ4v) is 2.42. The van der Waals surface area contributed by atoms with Crippen molar-refractivity contribution in [2.75, 3.05) is 6.61 Å². The Morgan fingerprint density at radius 3 is 2.23 bits per heavy atom. The highest BCUT2D eigenvalue weighted by molar-refractivity contribution is 5.99. The molecule has 0 bridgehead atoms. The fourth-order valence-electron chi connectivity index (χ4n) is 2.42.